The molecule has 2 bridgehead atoms. The van der Waals surface area contributed by atoms with Crippen molar-refractivity contribution in [3.05, 3.63) is 23.8 Å². The Morgan fingerprint density at radius 2 is 2.07 bits per heavy atom. The van der Waals surface area contributed by atoms with E-state index in [9.17, 15) is 19.8 Å². The van der Waals surface area contributed by atoms with E-state index in [1.54, 1.807) is 33.8 Å². The highest BCUT2D eigenvalue weighted by Crippen LogP contribution is 2.48. The minimum Gasteiger partial charge on any atom is -0.461 e. The van der Waals surface area contributed by atoms with Crippen LogP contribution in [0.25, 0.3) is 0 Å². The maximum atomic E-state index is 12.5. The third-order valence-electron chi connectivity index (χ3n) is 5.90. The zero-order valence-corrected chi connectivity index (χ0v) is 16.2. The smallest absolute Gasteiger partial charge is 0.313 e. The van der Waals surface area contributed by atoms with Crippen molar-refractivity contribution in [2.75, 3.05) is 6.61 Å². The molecule has 7 heteroatoms. The van der Waals surface area contributed by atoms with Gasteiger partial charge in [0.25, 0.3) is 0 Å². The lowest BCUT2D eigenvalue weighted by molar-refractivity contribution is -0.210. The third kappa shape index (κ3) is 3.44. The van der Waals surface area contributed by atoms with Crippen LogP contribution in [0.15, 0.2) is 23.8 Å². The summed E-state index contributed by atoms with van der Waals surface area (Å²) in [5.74, 6) is -4.16. The molecule has 2 saturated heterocycles. The molecule has 0 aromatic heterocycles. The molecule has 27 heavy (non-hydrogen) atoms. The first kappa shape index (κ1) is 20.0. The lowest BCUT2D eigenvalue weighted by Crippen LogP contribution is -2.47. The molecule has 3 heterocycles. The zero-order chi connectivity index (χ0) is 20.1. The van der Waals surface area contributed by atoms with Crippen molar-refractivity contribution in [3.63, 3.8) is 0 Å². The van der Waals surface area contributed by atoms with Gasteiger partial charge in [0.2, 0.25) is 0 Å². The maximum absolute atomic E-state index is 12.5. The second kappa shape index (κ2) is 6.72. The van der Waals surface area contributed by atoms with E-state index < -0.39 is 47.4 Å². The summed E-state index contributed by atoms with van der Waals surface area (Å²) in [4.78, 5) is 24.8. The lowest BCUT2D eigenvalue weighted by atomic mass is 9.74. The standard InChI is InChI=1S/C20H28O7/c1-10(2)17(22)26-14-7-19(5)15(21)8-20(24,27-19)12(4)6-13-16(14)11(3)9-25-18(13)23/h6,10,13-16,21,24H,3,7-9H2,1-2,4-5H3/t13?,14?,15?,16-,19-,20?/m0/s1. The van der Waals surface area contributed by atoms with Crippen molar-refractivity contribution in [2.45, 2.75) is 64.1 Å². The Hall–Kier alpha value is -1.70. The summed E-state index contributed by atoms with van der Waals surface area (Å²) in [6.45, 7) is 10.9. The van der Waals surface area contributed by atoms with E-state index in [0.29, 0.717) is 11.1 Å². The van der Waals surface area contributed by atoms with E-state index in [1.807, 2.05) is 0 Å². The Morgan fingerprint density at radius 1 is 1.41 bits per heavy atom. The van der Waals surface area contributed by atoms with E-state index in [1.165, 1.54) is 0 Å². The summed E-state index contributed by atoms with van der Waals surface area (Å²) < 4.78 is 16.9. The Kier molecular flexibility index (Phi) is 4.99. The van der Waals surface area contributed by atoms with Crippen LogP contribution in [0.4, 0.5) is 0 Å². The van der Waals surface area contributed by atoms with Crippen molar-refractivity contribution >= 4 is 11.9 Å². The Bertz CT molecular complexity index is 696. The number of carbonyl (C=O) groups is 2. The first-order valence-electron chi connectivity index (χ1n) is 9.31. The minimum absolute atomic E-state index is 0.0237. The highest BCUT2D eigenvalue weighted by Gasteiger charge is 2.57. The van der Waals surface area contributed by atoms with Gasteiger partial charge < -0.3 is 24.4 Å². The van der Waals surface area contributed by atoms with Crippen LogP contribution >= 0.6 is 0 Å². The molecule has 6 atom stereocenters. The van der Waals surface area contributed by atoms with E-state index in [2.05, 4.69) is 6.58 Å². The maximum Gasteiger partial charge on any atom is 0.313 e. The number of rotatable bonds is 2. The molecule has 3 rings (SSSR count). The van der Waals surface area contributed by atoms with Gasteiger partial charge in [0.1, 0.15) is 12.7 Å². The van der Waals surface area contributed by atoms with Gasteiger partial charge in [-0.2, -0.15) is 0 Å². The van der Waals surface area contributed by atoms with Crippen molar-refractivity contribution in [1.29, 1.82) is 0 Å². The molecule has 3 aliphatic heterocycles. The molecule has 7 nitrogen and oxygen atoms in total. The zero-order valence-electron chi connectivity index (χ0n) is 16.2. The van der Waals surface area contributed by atoms with E-state index >= 15 is 0 Å². The van der Waals surface area contributed by atoms with Gasteiger partial charge in [-0.1, -0.05) is 26.5 Å². The molecule has 0 radical (unpaired) electrons. The largest absolute Gasteiger partial charge is 0.461 e. The van der Waals surface area contributed by atoms with Crippen LogP contribution in [0.1, 0.15) is 40.5 Å². The molecular weight excluding hydrogens is 352 g/mol. The number of hydrogen-bond acceptors (Lipinski definition) is 7. The van der Waals surface area contributed by atoms with Gasteiger partial charge in [-0.25, -0.2) is 0 Å². The van der Waals surface area contributed by atoms with Crippen LogP contribution in [0.2, 0.25) is 0 Å². The van der Waals surface area contributed by atoms with E-state index in [-0.39, 0.29) is 25.4 Å². The minimum atomic E-state index is -1.69. The van der Waals surface area contributed by atoms with Crippen molar-refractivity contribution < 1.29 is 34.0 Å². The van der Waals surface area contributed by atoms with Crippen molar-refractivity contribution in [3.8, 4) is 0 Å². The highest BCUT2D eigenvalue weighted by molar-refractivity contribution is 5.77. The van der Waals surface area contributed by atoms with Crippen LogP contribution in [0.5, 0.6) is 0 Å². The molecule has 0 aromatic rings. The molecule has 3 aliphatic rings. The van der Waals surface area contributed by atoms with Crippen molar-refractivity contribution in [2.24, 2.45) is 17.8 Å². The fourth-order valence-corrected chi connectivity index (χ4v) is 4.14. The first-order chi connectivity index (χ1) is 12.5. The van der Waals surface area contributed by atoms with Crippen LogP contribution in [-0.4, -0.2) is 52.4 Å². The average Bonchev–Trinajstić information content (AvgIpc) is 2.81. The molecular formula is C20H28O7. The summed E-state index contributed by atoms with van der Waals surface area (Å²) >= 11 is 0. The monoisotopic (exact) mass is 380 g/mol. The number of esters is 2. The number of aliphatic hydroxyl groups excluding tert-OH is 1. The third-order valence-corrected chi connectivity index (χ3v) is 5.90. The number of ether oxygens (including phenoxy) is 3. The van der Waals surface area contributed by atoms with Crippen LogP contribution < -0.4 is 0 Å². The van der Waals surface area contributed by atoms with Crippen molar-refractivity contribution in [1.82, 2.24) is 0 Å². The first-order valence-corrected chi connectivity index (χ1v) is 9.31. The fraction of sp³-hybridized carbons (Fsp3) is 0.700. The highest BCUT2D eigenvalue weighted by atomic mass is 16.7. The predicted octanol–water partition coefficient (Wildman–Crippen LogP) is 1.48. The number of aliphatic hydroxyl groups is 2. The Balaban J connectivity index is 2.10. The van der Waals surface area contributed by atoms with E-state index in [0.717, 1.165) is 0 Å². The molecule has 0 saturated carbocycles. The van der Waals surface area contributed by atoms with Gasteiger partial charge in [0.05, 0.1) is 23.5 Å². The molecule has 2 fully saturated rings. The second-order valence-corrected chi connectivity index (χ2v) is 8.42. The lowest BCUT2D eigenvalue weighted by Gasteiger charge is -2.39. The number of carbonyl (C=O) groups excluding carboxylic acids is 2. The van der Waals surface area contributed by atoms with Crippen LogP contribution in [0, 0.1) is 17.8 Å². The molecule has 0 spiro atoms. The molecule has 0 aliphatic carbocycles. The molecule has 2 N–H and O–H groups in total. The summed E-state index contributed by atoms with van der Waals surface area (Å²) in [5.41, 5.74) is -0.0849. The summed E-state index contributed by atoms with van der Waals surface area (Å²) in [7, 11) is 0. The van der Waals surface area contributed by atoms with Gasteiger partial charge in [-0.15, -0.1) is 0 Å². The predicted molar refractivity (Wildman–Crippen MR) is 95.2 cm³/mol. The van der Waals surface area contributed by atoms with Gasteiger partial charge >= 0.3 is 11.9 Å². The Labute approximate surface area is 159 Å². The normalized spacial score (nSPS) is 41.8. The van der Waals surface area contributed by atoms with Crippen LogP contribution in [-0.2, 0) is 23.8 Å². The van der Waals surface area contributed by atoms with E-state index in [4.69, 9.17) is 14.2 Å². The average molecular weight is 380 g/mol. The second-order valence-electron chi connectivity index (χ2n) is 8.42. The summed E-state index contributed by atoms with van der Waals surface area (Å²) in [5, 5.41) is 21.5. The van der Waals surface area contributed by atoms with Gasteiger partial charge in [0.15, 0.2) is 5.79 Å². The number of hydrogen-bond donors (Lipinski definition) is 2. The topological polar surface area (TPSA) is 102 Å². The van der Waals surface area contributed by atoms with Gasteiger partial charge in [-0.05, 0) is 25.0 Å². The molecule has 150 valence electrons. The SMILES string of the molecule is C=C1COC(=O)C2C=C(C)C3(O)CC(O)[C@](C)(CC(OC(=O)C(C)C)[C@@H]12)O3. The van der Waals surface area contributed by atoms with Gasteiger partial charge in [0, 0.05) is 18.8 Å². The summed E-state index contributed by atoms with van der Waals surface area (Å²) in [6.07, 6.45) is 0.00567. The Morgan fingerprint density at radius 3 is 2.70 bits per heavy atom. The number of fused-ring (bicyclic) bond motifs is 3. The quantitative estimate of drug-likeness (QED) is 0.552. The molecule has 4 unspecified atom stereocenters. The molecule has 0 amide bonds. The number of cyclic esters (lactones) is 1. The van der Waals surface area contributed by atoms with Gasteiger partial charge in [-0.3, -0.25) is 9.59 Å². The van der Waals surface area contributed by atoms with Crippen LogP contribution in [0.3, 0.4) is 0 Å². The fourth-order valence-electron chi connectivity index (χ4n) is 4.14. The summed E-state index contributed by atoms with van der Waals surface area (Å²) in [6, 6.07) is 0. The molecule has 0 aromatic carbocycles.